The number of hydrogen-bond acceptors (Lipinski definition) is 2. The fraction of sp³-hybridized carbons (Fsp3) is 0.182. The third-order valence-electron chi connectivity index (χ3n) is 4.89. The normalized spacial score (nSPS) is 15.1. The average molecular weight is 313 g/mol. The summed E-state index contributed by atoms with van der Waals surface area (Å²) < 4.78 is 0. The highest BCUT2D eigenvalue weighted by Crippen LogP contribution is 2.34. The lowest BCUT2D eigenvalue weighted by Crippen LogP contribution is -2.08. The van der Waals surface area contributed by atoms with Gasteiger partial charge in [0.2, 0.25) is 0 Å². The lowest BCUT2D eigenvalue weighted by atomic mass is 9.86. The molecule has 0 bridgehead atoms. The molecular weight excluding hydrogens is 294 g/mol. The lowest BCUT2D eigenvalue weighted by molar-refractivity contribution is -0.115. The number of ketones is 1. The first-order chi connectivity index (χ1) is 11.7. The van der Waals surface area contributed by atoms with E-state index in [1.807, 2.05) is 25.4 Å². The average Bonchev–Trinajstić information content (AvgIpc) is 2.63. The van der Waals surface area contributed by atoms with Crippen molar-refractivity contribution in [2.24, 2.45) is 0 Å². The van der Waals surface area contributed by atoms with E-state index in [4.69, 9.17) is 0 Å². The van der Waals surface area contributed by atoms with Crippen LogP contribution in [0.1, 0.15) is 31.7 Å². The van der Waals surface area contributed by atoms with Crippen molar-refractivity contribution in [3.05, 3.63) is 72.1 Å². The van der Waals surface area contributed by atoms with Crippen LogP contribution in [0.5, 0.6) is 0 Å². The Hall–Kier alpha value is -2.74. The summed E-state index contributed by atoms with van der Waals surface area (Å²) >= 11 is 0. The van der Waals surface area contributed by atoms with Crippen LogP contribution in [0.15, 0.2) is 66.5 Å². The Morgan fingerprint density at radius 3 is 2.67 bits per heavy atom. The number of fused-ring (bicyclic) bond motifs is 1. The summed E-state index contributed by atoms with van der Waals surface area (Å²) in [6.07, 6.45) is 6.44. The first kappa shape index (κ1) is 14.8. The highest BCUT2D eigenvalue weighted by molar-refractivity contribution is 6.04. The summed E-state index contributed by atoms with van der Waals surface area (Å²) in [5, 5.41) is 2.35. The van der Waals surface area contributed by atoms with E-state index in [1.165, 1.54) is 11.0 Å². The number of allylic oxidation sites excluding steroid dienone is 2. The van der Waals surface area contributed by atoms with Crippen LogP contribution in [0.3, 0.4) is 0 Å². The van der Waals surface area contributed by atoms with E-state index >= 15 is 0 Å². The fourth-order valence-electron chi connectivity index (χ4n) is 3.55. The van der Waals surface area contributed by atoms with E-state index in [1.54, 1.807) is 0 Å². The van der Waals surface area contributed by atoms with Gasteiger partial charge in [0, 0.05) is 29.8 Å². The van der Waals surface area contributed by atoms with Crippen LogP contribution in [0.25, 0.3) is 27.5 Å². The Bertz CT molecular complexity index is 963. The molecule has 0 fully saturated rings. The Balaban J connectivity index is 1.86. The predicted octanol–water partition coefficient (Wildman–Crippen LogP) is 5.43. The van der Waals surface area contributed by atoms with E-state index < -0.39 is 0 Å². The summed E-state index contributed by atoms with van der Waals surface area (Å²) in [7, 11) is 0. The monoisotopic (exact) mass is 313 g/mol. The third kappa shape index (κ3) is 2.54. The van der Waals surface area contributed by atoms with E-state index in [0.29, 0.717) is 6.42 Å². The third-order valence-corrected chi connectivity index (χ3v) is 4.89. The fourth-order valence-corrected chi connectivity index (χ4v) is 3.55. The second-order valence-corrected chi connectivity index (χ2v) is 6.37. The smallest absolute Gasteiger partial charge is 0.158 e. The number of nitrogens with zero attached hydrogens (tertiary/aromatic N) is 1. The minimum atomic E-state index is 0.286. The molecule has 4 rings (SSSR count). The molecule has 2 nitrogen and oxygen atoms in total. The van der Waals surface area contributed by atoms with Crippen molar-refractivity contribution in [1.29, 1.82) is 0 Å². The maximum atomic E-state index is 12.0. The molecular formula is C22H19NO. The van der Waals surface area contributed by atoms with E-state index in [0.717, 1.165) is 40.5 Å². The summed E-state index contributed by atoms with van der Waals surface area (Å²) in [6.45, 7) is 1.96. The second-order valence-electron chi connectivity index (χ2n) is 6.37. The number of hydrogen-bond donors (Lipinski definition) is 0. The first-order valence-corrected chi connectivity index (χ1v) is 8.40. The number of benzene rings is 2. The molecule has 1 aliphatic carbocycles. The summed E-state index contributed by atoms with van der Waals surface area (Å²) in [6, 6.07) is 16.8. The number of aromatic nitrogens is 1. The van der Waals surface area contributed by atoms with Crippen LogP contribution in [0, 0.1) is 0 Å². The van der Waals surface area contributed by atoms with Crippen LogP contribution >= 0.6 is 0 Å². The van der Waals surface area contributed by atoms with Crippen molar-refractivity contribution in [2.45, 2.75) is 26.2 Å². The van der Waals surface area contributed by atoms with Gasteiger partial charge >= 0.3 is 0 Å². The minimum Gasteiger partial charge on any atom is -0.295 e. The number of carbonyl (C=O) groups is 1. The molecule has 1 heterocycles. The van der Waals surface area contributed by atoms with Gasteiger partial charge in [-0.25, -0.2) is 0 Å². The number of rotatable bonds is 2. The Morgan fingerprint density at radius 1 is 0.917 bits per heavy atom. The van der Waals surface area contributed by atoms with Gasteiger partial charge in [-0.3, -0.25) is 9.78 Å². The van der Waals surface area contributed by atoms with Crippen molar-refractivity contribution >= 4 is 22.1 Å². The molecule has 24 heavy (non-hydrogen) atoms. The summed E-state index contributed by atoms with van der Waals surface area (Å²) in [5.41, 5.74) is 5.56. The number of carbonyl (C=O) groups excluding carboxylic acids is 1. The molecule has 0 saturated heterocycles. The molecule has 0 radical (unpaired) electrons. The van der Waals surface area contributed by atoms with Gasteiger partial charge in [-0.2, -0.15) is 0 Å². The zero-order valence-electron chi connectivity index (χ0n) is 13.8. The minimum absolute atomic E-state index is 0.286. The molecule has 118 valence electrons. The van der Waals surface area contributed by atoms with Gasteiger partial charge in [-0.15, -0.1) is 0 Å². The second kappa shape index (κ2) is 6.04. The topological polar surface area (TPSA) is 30.0 Å². The van der Waals surface area contributed by atoms with Gasteiger partial charge in [0.05, 0.1) is 0 Å². The highest BCUT2D eigenvalue weighted by atomic mass is 16.1. The standard InChI is InChI=1S/C22H19NO/c1-15-19(10-5-11-22(15)24)16-7-4-8-17(12-16)21-14-23-13-18-6-2-3-9-20(18)21/h2-4,6-9,12-14H,5,10-11H2,1H3. The maximum absolute atomic E-state index is 12.0. The molecule has 0 spiro atoms. The molecule has 0 aliphatic heterocycles. The molecule has 0 N–H and O–H groups in total. The van der Waals surface area contributed by atoms with Crippen LogP contribution < -0.4 is 0 Å². The maximum Gasteiger partial charge on any atom is 0.158 e. The van der Waals surface area contributed by atoms with E-state index in [2.05, 4.69) is 47.4 Å². The Morgan fingerprint density at radius 2 is 1.75 bits per heavy atom. The van der Waals surface area contributed by atoms with Crippen molar-refractivity contribution in [1.82, 2.24) is 4.98 Å². The van der Waals surface area contributed by atoms with Gasteiger partial charge in [-0.1, -0.05) is 42.5 Å². The lowest BCUT2D eigenvalue weighted by Gasteiger charge is -2.18. The quantitative estimate of drug-likeness (QED) is 0.631. The van der Waals surface area contributed by atoms with Crippen molar-refractivity contribution in [3.63, 3.8) is 0 Å². The predicted molar refractivity (Wildman–Crippen MR) is 98.6 cm³/mol. The van der Waals surface area contributed by atoms with Crippen molar-refractivity contribution in [3.8, 4) is 11.1 Å². The zero-order valence-corrected chi connectivity index (χ0v) is 13.8. The van der Waals surface area contributed by atoms with Gasteiger partial charge in [0.15, 0.2) is 5.78 Å². The zero-order chi connectivity index (χ0) is 16.5. The van der Waals surface area contributed by atoms with Crippen LogP contribution in [-0.2, 0) is 4.79 Å². The van der Waals surface area contributed by atoms with Gasteiger partial charge < -0.3 is 0 Å². The molecule has 2 aromatic carbocycles. The number of Topliss-reactive ketones (excluding diaryl/α,β-unsaturated/α-hetero) is 1. The van der Waals surface area contributed by atoms with Crippen molar-refractivity contribution < 1.29 is 4.79 Å². The van der Waals surface area contributed by atoms with Gasteiger partial charge in [0.25, 0.3) is 0 Å². The molecule has 3 aromatic rings. The van der Waals surface area contributed by atoms with E-state index in [-0.39, 0.29) is 5.78 Å². The molecule has 0 saturated carbocycles. The molecule has 0 amide bonds. The Labute approximate surface area is 141 Å². The molecule has 0 unspecified atom stereocenters. The number of pyridine rings is 1. The molecule has 1 aromatic heterocycles. The SMILES string of the molecule is CC1=C(c2cccc(-c3cncc4ccccc34)c2)CCCC1=O. The van der Waals surface area contributed by atoms with Crippen LogP contribution in [-0.4, -0.2) is 10.8 Å². The summed E-state index contributed by atoms with van der Waals surface area (Å²) in [5.74, 6) is 0.286. The highest BCUT2D eigenvalue weighted by Gasteiger charge is 2.18. The summed E-state index contributed by atoms with van der Waals surface area (Å²) in [4.78, 5) is 16.4. The van der Waals surface area contributed by atoms with E-state index in [9.17, 15) is 4.79 Å². The van der Waals surface area contributed by atoms with Gasteiger partial charge in [-0.05, 0) is 53.5 Å². The van der Waals surface area contributed by atoms with Crippen LogP contribution in [0.4, 0.5) is 0 Å². The van der Waals surface area contributed by atoms with Crippen LogP contribution in [0.2, 0.25) is 0 Å². The Kier molecular flexibility index (Phi) is 3.73. The molecule has 1 aliphatic rings. The molecule has 2 heteroatoms. The first-order valence-electron chi connectivity index (χ1n) is 8.40. The molecule has 0 atom stereocenters. The van der Waals surface area contributed by atoms with Crippen molar-refractivity contribution in [2.75, 3.05) is 0 Å². The van der Waals surface area contributed by atoms with Gasteiger partial charge in [0.1, 0.15) is 0 Å². The largest absolute Gasteiger partial charge is 0.295 e.